The monoisotopic (exact) mass is 338 g/mol. The van der Waals surface area contributed by atoms with Crippen LogP contribution in [0.3, 0.4) is 0 Å². The molecule has 0 saturated carbocycles. The first-order chi connectivity index (χ1) is 12.2. The van der Waals surface area contributed by atoms with Gasteiger partial charge in [0.15, 0.2) is 0 Å². The van der Waals surface area contributed by atoms with Gasteiger partial charge in [0.1, 0.15) is 24.1 Å². The maximum atomic E-state index is 12.2. The van der Waals surface area contributed by atoms with Crippen LogP contribution in [0, 0.1) is 11.3 Å². The molecule has 0 atom stereocenters. The molecule has 0 aliphatic carbocycles. The number of nitriles is 1. The molecule has 1 aliphatic rings. The van der Waals surface area contributed by atoms with E-state index in [2.05, 4.69) is 20.3 Å². The number of piperidine rings is 1. The molecule has 0 bridgehead atoms. The van der Waals surface area contributed by atoms with Gasteiger partial charge >= 0.3 is 0 Å². The Labute approximate surface area is 144 Å². The van der Waals surface area contributed by atoms with Crippen molar-refractivity contribution in [3.8, 4) is 6.07 Å². The summed E-state index contributed by atoms with van der Waals surface area (Å²) < 4.78 is 1.16. The molecule has 1 amide bonds. The Balaban J connectivity index is 1.69. The molecule has 25 heavy (non-hydrogen) atoms. The largest absolute Gasteiger partial charge is 0.355 e. The highest BCUT2D eigenvalue weighted by molar-refractivity contribution is 5.90. The molecular formula is C17H18N6O2. The van der Waals surface area contributed by atoms with Crippen molar-refractivity contribution in [1.82, 2.24) is 14.8 Å². The number of anilines is 2. The molecule has 8 nitrogen and oxygen atoms in total. The van der Waals surface area contributed by atoms with E-state index in [1.165, 1.54) is 24.8 Å². The highest BCUT2D eigenvalue weighted by atomic mass is 16.2. The van der Waals surface area contributed by atoms with Gasteiger partial charge < -0.3 is 10.2 Å². The minimum Gasteiger partial charge on any atom is -0.355 e. The van der Waals surface area contributed by atoms with Gasteiger partial charge in [0.05, 0.1) is 11.9 Å². The highest BCUT2D eigenvalue weighted by Gasteiger charge is 2.14. The zero-order chi connectivity index (χ0) is 17.6. The van der Waals surface area contributed by atoms with Crippen LogP contribution < -0.4 is 15.8 Å². The molecule has 2 aromatic rings. The van der Waals surface area contributed by atoms with Crippen LogP contribution >= 0.6 is 0 Å². The normalized spacial score (nSPS) is 14.0. The van der Waals surface area contributed by atoms with Gasteiger partial charge in [-0.15, -0.1) is 0 Å². The van der Waals surface area contributed by atoms with Gasteiger partial charge in [-0.2, -0.15) is 10.4 Å². The quantitative estimate of drug-likeness (QED) is 0.896. The molecule has 8 heteroatoms. The van der Waals surface area contributed by atoms with Gasteiger partial charge in [0, 0.05) is 19.2 Å². The fourth-order valence-corrected chi connectivity index (χ4v) is 2.71. The van der Waals surface area contributed by atoms with Crippen molar-refractivity contribution in [3.05, 3.63) is 46.5 Å². The second-order valence-electron chi connectivity index (χ2n) is 5.83. The fourth-order valence-electron chi connectivity index (χ4n) is 2.71. The van der Waals surface area contributed by atoms with Crippen molar-refractivity contribution in [2.24, 2.45) is 0 Å². The lowest BCUT2D eigenvalue weighted by Gasteiger charge is -2.27. The number of carbonyl (C=O) groups excluding carboxylic acids is 1. The molecule has 0 spiro atoms. The average Bonchev–Trinajstić information content (AvgIpc) is 2.65. The van der Waals surface area contributed by atoms with Crippen LogP contribution in [0.5, 0.6) is 0 Å². The molecular weight excluding hydrogens is 320 g/mol. The Kier molecular flexibility index (Phi) is 5.04. The summed E-state index contributed by atoms with van der Waals surface area (Å²) in [6.45, 7) is 1.64. The van der Waals surface area contributed by atoms with Crippen molar-refractivity contribution in [2.75, 3.05) is 23.3 Å². The van der Waals surface area contributed by atoms with Gasteiger partial charge in [-0.1, -0.05) is 0 Å². The second kappa shape index (κ2) is 7.57. The second-order valence-corrected chi connectivity index (χ2v) is 5.83. The summed E-state index contributed by atoms with van der Waals surface area (Å²) in [7, 11) is 0. The number of hydrogen-bond acceptors (Lipinski definition) is 6. The third kappa shape index (κ3) is 4.20. The lowest BCUT2D eigenvalue weighted by atomic mass is 10.1. The van der Waals surface area contributed by atoms with Crippen molar-refractivity contribution < 1.29 is 4.79 Å². The molecule has 0 unspecified atom stereocenters. The molecule has 3 rings (SSSR count). The number of nitrogens with zero attached hydrogens (tertiary/aromatic N) is 5. The van der Waals surface area contributed by atoms with E-state index in [0.29, 0.717) is 11.5 Å². The molecule has 0 radical (unpaired) electrons. The predicted octanol–water partition coefficient (Wildman–Crippen LogP) is 1.14. The maximum Gasteiger partial charge on any atom is 0.267 e. The Morgan fingerprint density at radius 2 is 2.00 bits per heavy atom. The van der Waals surface area contributed by atoms with E-state index in [1.807, 2.05) is 6.07 Å². The molecule has 1 aliphatic heterocycles. The summed E-state index contributed by atoms with van der Waals surface area (Å²) in [5.41, 5.74) is 0.406. The first kappa shape index (κ1) is 16.6. The average molecular weight is 338 g/mol. The summed E-state index contributed by atoms with van der Waals surface area (Å²) in [4.78, 5) is 30.1. The Morgan fingerprint density at radius 1 is 1.20 bits per heavy atom. The van der Waals surface area contributed by atoms with Crippen molar-refractivity contribution >= 4 is 17.4 Å². The van der Waals surface area contributed by atoms with Crippen LogP contribution in [0.1, 0.15) is 25.0 Å². The van der Waals surface area contributed by atoms with E-state index in [0.717, 1.165) is 30.6 Å². The molecule has 1 fully saturated rings. The lowest BCUT2D eigenvalue weighted by molar-refractivity contribution is -0.117. The third-order valence-electron chi connectivity index (χ3n) is 3.99. The topological polar surface area (TPSA) is 104 Å². The molecule has 0 aromatic carbocycles. The third-order valence-corrected chi connectivity index (χ3v) is 3.99. The van der Waals surface area contributed by atoms with Crippen LogP contribution in [0.4, 0.5) is 11.5 Å². The van der Waals surface area contributed by atoms with Gasteiger partial charge in [-0.25, -0.2) is 9.67 Å². The van der Waals surface area contributed by atoms with E-state index < -0.39 is 0 Å². The SMILES string of the molecule is N#Cc1ccc(NC(=O)Cn2nc(N3CCCCC3)ccc2=O)cn1. The van der Waals surface area contributed by atoms with Gasteiger partial charge in [-0.3, -0.25) is 9.59 Å². The highest BCUT2D eigenvalue weighted by Crippen LogP contribution is 2.15. The van der Waals surface area contributed by atoms with Crippen molar-refractivity contribution in [3.63, 3.8) is 0 Å². The number of nitrogens with one attached hydrogen (secondary N) is 1. The van der Waals surface area contributed by atoms with Gasteiger partial charge in [0.25, 0.3) is 5.56 Å². The molecule has 3 heterocycles. The lowest BCUT2D eigenvalue weighted by Crippen LogP contribution is -2.34. The number of rotatable bonds is 4. The predicted molar refractivity (Wildman–Crippen MR) is 92.1 cm³/mol. The van der Waals surface area contributed by atoms with Crippen LogP contribution in [0.2, 0.25) is 0 Å². The number of carbonyl (C=O) groups is 1. The molecule has 2 aromatic heterocycles. The van der Waals surface area contributed by atoms with Crippen molar-refractivity contribution in [1.29, 1.82) is 5.26 Å². The molecule has 1 N–H and O–H groups in total. The van der Waals surface area contributed by atoms with Crippen molar-refractivity contribution in [2.45, 2.75) is 25.8 Å². The molecule has 128 valence electrons. The first-order valence-corrected chi connectivity index (χ1v) is 8.15. The zero-order valence-corrected chi connectivity index (χ0v) is 13.7. The standard InChI is InChI=1S/C17H18N6O2/c18-10-13-4-5-14(11-19-13)20-16(24)12-23-17(25)7-6-15(21-23)22-8-2-1-3-9-22/h4-7,11H,1-3,8-9,12H2,(H,20,24). The van der Waals surface area contributed by atoms with E-state index in [1.54, 1.807) is 12.1 Å². The first-order valence-electron chi connectivity index (χ1n) is 8.15. The van der Waals surface area contributed by atoms with Crippen LogP contribution in [0.25, 0.3) is 0 Å². The number of pyridine rings is 1. The summed E-state index contributed by atoms with van der Waals surface area (Å²) >= 11 is 0. The minimum absolute atomic E-state index is 0.180. The maximum absolute atomic E-state index is 12.2. The van der Waals surface area contributed by atoms with E-state index in [4.69, 9.17) is 5.26 Å². The van der Waals surface area contributed by atoms with Gasteiger partial charge in [-0.05, 0) is 37.5 Å². The summed E-state index contributed by atoms with van der Waals surface area (Å²) in [6, 6.07) is 8.15. The fraction of sp³-hybridized carbons (Fsp3) is 0.353. The van der Waals surface area contributed by atoms with E-state index >= 15 is 0 Å². The summed E-state index contributed by atoms with van der Waals surface area (Å²) in [6.07, 6.45) is 4.81. The van der Waals surface area contributed by atoms with Crippen LogP contribution in [-0.4, -0.2) is 33.8 Å². The smallest absolute Gasteiger partial charge is 0.267 e. The number of aromatic nitrogens is 3. The zero-order valence-electron chi connectivity index (χ0n) is 13.7. The summed E-state index contributed by atoms with van der Waals surface area (Å²) in [5.74, 6) is 0.337. The Morgan fingerprint density at radius 3 is 2.68 bits per heavy atom. The number of amides is 1. The van der Waals surface area contributed by atoms with Crippen LogP contribution in [0.15, 0.2) is 35.3 Å². The molecule has 1 saturated heterocycles. The number of hydrogen-bond donors (Lipinski definition) is 1. The van der Waals surface area contributed by atoms with Crippen LogP contribution in [-0.2, 0) is 11.3 Å². The Hall–Kier alpha value is -3.21. The minimum atomic E-state index is -0.378. The van der Waals surface area contributed by atoms with E-state index in [-0.39, 0.29) is 23.7 Å². The van der Waals surface area contributed by atoms with Gasteiger partial charge in [0.2, 0.25) is 5.91 Å². The Bertz CT molecular complexity index is 847. The van der Waals surface area contributed by atoms with E-state index in [9.17, 15) is 9.59 Å². The summed E-state index contributed by atoms with van der Waals surface area (Å²) in [5, 5.41) is 15.7.